The summed E-state index contributed by atoms with van der Waals surface area (Å²) in [7, 11) is 3.86. The average molecular weight is 526 g/mol. The number of nitrogens with one attached hydrogen (secondary N) is 3. The van der Waals surface area contributed by atoms with Crippen LogP contribution in [0.2, 0.25) is 0 Å². The molecule has 2 amide bonds. The molecule has 0 atom stereocenters. The van der Waals surface area contributed by atoms with E-state index in [1.165, 1.54) is 24.2 Å². The molecule has 0 saturated carbocycles. The molecule has 9 nitrogen and oxygen atoms in total. The summed E-state index contributed by atoms with van der Waals surface area (Å²) in [6.45, 7) is 0.675. The number of carbonyl (C=O) groups is 2. The van der Waals surface area contributed by atoms with Gasteiger partial charge in [0.2, 0.25) is 5.91 Å². The SMILES string of the molecule is CN(C)C/C=C/C(=O)Nc1ccc(C(=O)Nc2cccc(Nc3cc(Sc4cccnc4)ncn3)c2)cc1. The van der Waals surface area contributed by atoms with Gasteiger partial charge in [-0.25, -0.2) is 9.97 Å². The van der Waals surface area contributed by atoms with E-state index in [-0.39, 0.29) is 11.8 Å². The van der Waals surface area contributed by atoms with Crippen LogP contribution in [0, 0.1) is 0 Å². The van der Waals surface area contributed by atoms with E-state index >= 15 is 0 Å². The first kappa shape index (κ1) is 26.5. The summed E-state index contributed by atoms with van der Waals surface area (Å²) in [6, 6.07) is 19.8. The fraction of sp³-hybridized carbons (Fsp3) is 0.107. The normalized spacial score (nSPS) is 10.9. The second-order valence-corrected chi connectivity index (χ2v) is 9.52. The lowest BCUT2D eigenvalue weighted by Gasteiger charge is -2.10. The Kier molecular flexibility index (Phi) is 9.17. The second-order valence-electron chi connectivity index (χ2n) is 8.42. The lowest BCUT2D eigenvalue weighted by molar-refractivity contribution is -0.111. The van der Waals surface area contributed by atoms with Crippen LogP contribution >= 0.6 is 11.8 Å². The number of benzene rings is 2. The monoisotopic (exact) mass is 525 g/mol. The van der Waals surface area contributed by atoms with Gasteiger partial charge in [0.05, 0.1) is 0 Å². The van der Waals surface area contributed by atoms with Crippen LogP contribution in [0.1, 0.15) is 10.4 Å². The van der Waals surface area contributed by atoms with Gasteiger partial charge in [0.15, 0.2) is 0 Å². The van der Waals surface area contributed by atoms with Gasteiger partial charge in [-0.3, -0.25) is 14.6 Å². The minimum absolute atomic E-state index is 0.222. The molecule has 2 aromatic carbocycles. The Hall–Kier alpha value is -4.54. The van der Waals surface area contributed by atoms with Crippen molar-refractivity contribution in [2.45, 2.75) is 9.92 Å². The maximum absolute atomic E-state index is 12.8. The Labute approximate surface area is 225 Å². The minimum Gasteiger partial charge on any atom is -0.340 e. The number of amides is 2. The lowest BCUT2D eigenvalue weighted by atomic mass is 10.2. The van der Waals surface area contributed by atoms with Crippen molar-refractivity contribution in [3.63, 3.8) is 0 Å². The molecule has 3 N–H and O–H groups in total. The fourth-order valence-electron chi connectivity index (χ4n) is 3.28. The number of nitrogens with zero attached hydrogens (tertiary/aromatic N) is 4. The van der Waals surface area contributed by atoms with E-state index in [0.29, 0.717) is 29.3 Å². The summed E-state index contributed by atoms with van der Waals surface area (Å²) in [6.07, 6.45) is 8.28. The molecule has 2 aromatic heterocycles. The van der Waals surface area contributed by atoms with Gasteiger partial charge in [-0.15, -0.1) is 0 Å². The molecule has 0 aliphatic carbocycles. The molecule has 0 aliphatic heterocycles. The van der Waals surface area contributed by atoms with Crippen molar-refractivity contribution in [1.29, 1.82) is 0 Å². The highest BCUT2D eigenvalue weighted by Crippen LogP contribution is 2.27. The molecule has 0 unspecified atom stereocenters. The van der Waals surface area contributed by atoms with Crippen LogP contribution < -0.4 is 16.0 Å². The molecule has 38 heavy (non-hydrogen) atoms. The predicted molar refractivity (Wildman–Crippen MR) is 151 cm³/mol. The highest BCUT2D eigenvalue weighted by atomic mass is 32.2. The zero-order valence-electron chi connectivity index (χ0n) is 21.0. The fourth-order valence-corrected chi connectivity index (χ4v) is 4.05. The molecule has 10 heteroatoms. The second kappa shape index (κ2) is 13.1. The Morgan fingerprint density at radius 1 is 0.921 bits per heavy atom. The third-order valence-corrected chi connectivity index (χ3v) is 5.96. The van der Waals surface area contributed by atoms with Crippen LogP contribution in [0.25, 0.3) is 0 Å². The molecule has 4 aromatic rings. The highest BCUT2D eigenvalue weighted by molar-refractivity contribution is 7.99. The number of carbonyl (C=O) groups excluding carboxylic acids is 2. The highest BCUT2D eigenvalue weighted by Gasteiger charge is 2.08. The maximum atomic E-state index is 12.8. The Bertz CT molecular complexity index is 1410. The topological polar surface area (TPSA) is 112 Å². The van der Waals surface area contributed by atoms with E-state index in [1.807, 2.05) is 55.4 Å². The summed E-state index contributed by atoms with van der Waals surface area (Å²) < 4.78 is 0. The number of pyridine rings is 1. The zero-order chi connectivity index (χ0) is 26.7. The molecule has 4 rings (SSSR count). The summed E-state index contributed by atoms with van der Waals surface area (Å²) in [5, 5.41) is 9.71. The van der Waals surface area contributed by atoms with E-state index in [1.54, 1.807) is 48.8 Å². The van der Waals surface area contributed by atoms with Gasteiger partial charge in [0.25, 0.3) is 5.91 Å². The number of aromatic nitrogens is 3. The number of rotatable bonds is 10. The Morgan fingerprint density at radius 2 is 1.74 bits per heavy atom. The first-order chi connectivity index (χ1) is 18.4. The number of hydrogen-bond donors (Lipinski definition) is 3. The first-order valence-corrected chi connectivity index (χ1v) is 12.6. The summed E-state index contributed by atoms with van der Waals surface area (Å²) in [4.78, 5) is 40.4. The van der Waals surface area contributed by atoms with E-state index in [4.69, 9.17) is 0 Å². The Balaban J connectivity index is 1.34. The van der Waals surface area contributed by atoms with Crippen LogP contribution in [0.3, 0.4) is 0 Å². The third kappa shape index (κ3) is 8.26. The van der Waals surface area contributed by atoms with Crippen molar-refractivity contribution in [2.75, 3.05) is 36.6 Å². The van der Waals surface area contributed by atoms with Gasteiger partial charge in [-0.2, -0.15) is 0 Å². The predicted octanol–water partition coefficient (Wildman–Crippen LogP) is 5.08. The van der Waals surface area contributed by atoms with Crippen molar-refractivity contribution >= 4 is 46.5 Å². The van der Waals surface area contributed by atoms with E-state index in [2.05, 4.69) is 30.9 Å². The third-order valence-electron chi connectivity index (χ3n) is 5.05. The zero-order valence-corrected chi connectivity index (χ0v) is 21.8. The van der Waals surface area contributed by atoms with Crippen LogP contribution in [0.5, 0.6) is 0 Å². The molecule has 192 valence electrons. The van der Waals surface area contributed by atoms with Gasteiger partial charge in [-0.05, 0) is 68.7 Å². The number of hydrogen-bond acceptors (Lipinski definition) is 8. The Morgan fingerprint density at radius 3 is 2.50 bits per heavy atom. The molecular weight excluding hydrogens is 498 g/mol. The maximum Gasteiger partial charge on any atom is 0.255 e. The summed E-state index contributed by atoms with van der Waals surface area (Å²) >= 11 is 1.49. The van der Waals surface area contributed by atoms with Crippen LogP contribution in [0.15, 0.2) is 108 Å². The van der Waals surface area contributed by atoms with Crippen molar-refractivity contribution in [2.24, 2.45) is 0 Å². The summed E-state index contributed by atoms with van der Waals surface area (Å²) in [5.74, 6) is 0.145. The van der Waals surface area contributed by atoms with Gasteiger partial charge < -0.3 is 20.9 Å². The molecule has 0 bridgehead atoms. The smallest absolute Gasteiger partial charge is 0.255 e. The molecule has 0 saturated heterocycles. The van der Waals surface area contributed by atoms with Gasteiger partial charge in [-0.1, -0.05) is 23.9 Å². The molecule has 0 aliphatic rings. The number of anilines is 4. The van der Waals surface area contributed by atoms with Crippen molar-refractivity contribution in [1.82, 2.24) is 19.9 Å². The van der Waals surface area contributed by atoms with Crippen molar-refractivity contribution < 1.29 is 9.59 Å². The first-order valence-electron chi connectivity index (χ1n) is 11.8. The van der Waals surface area contributed by atoms with Crippen molar-refractivity contribution in [3.05, 3.63) is 103 Å². The molecular formula is C28H27N7O2S. The van der Waals surface area contributed by atoms with Crippen LogP contribution in [0.4, 0.5) is 22.9 Å². The quantitative estimate of drug-likeness (QED) is 0.194. The molecule has 0 spiro atoms. The standard InChI is InChI=1S/C28H27N7O2S/c1-35(2)15-5-9-26(36)33-21-12-10-20(11-13-21)28(37)34-23-7-3-6-22(16-23)32-25-17-27(31-19-30-25)38-24-8-4-14-29-18-24/h3-14,16-19H,15H2,1-2H3,(H,33,36)(H,34,37)(H,30,31,32)/b9-5+. The number of likely N-dealkylation sites (N-methyl/N-ethyl adjacent to an activating group) is 1. The molecule has 0 radical (unpaired) electrons. The largest absolute Gasteiger partial charge is 0.340 e. The molecule has 2 heterocycles. The van der Waals surface area contributed by atoms with Crippen LogP contribution in [-0.4, -0.2) is 52.3 Å². The average Bonchev–Trinajstić information content (AvgIpc) is 2.90. The van der Waals surface area contributed by atoms with Crippen molar-refractivity contribution in [3.8, 4) is 0 Å². The van der Waals surface area contributed by atoms with Gasteiger partial charge >= 0.3 is 0 Å². The van der Waals surface area contributed by atoms with E-state index in [9.17, 15) is 9.59 Å². The summed E-state index contributed by atoms with van der Waals surface area (Å²) in [5.41, 5.74) is 2.47. The van der Waals surface area contributed by atoms with Gasteiger partial charge in [0.1, 0.15) is 17.2 Å². The lowest BCUT2D eigenvalue weighted by Crippen LogP contribution is -2.13. The van der Waals surface area contributed by atoms with E-state index < -0.39 is 0 Å². The molecule has 0 fully saturated rings. The van der Waals surface area contributed by atoms with Gasteiger partial charge in [0, 0.05) is 58.6 Å². The van der Waals surface area contributed by atoms with E-state index in [0.717, 1.165) is 15.6 Å². The van der Waals surface area contributed by atoms with Crippen LogP contribution in [-0.2, 0) is 4.79 Å². The minimum atomic E-state index is -0.261.